The van der Waals surface area contributed by atoms with Crippen molar-refractivity contribution in [2.75, 3.05) is 13.2 Å². The zero-order valence-electron chi connectivity index (χ0n) is 47.2. The summed E-state index contributed by atoms with van der Waals surface area (Å²) in [5.41, 5.74) is 0. The molecule has 0 fully saturated rings. The van der Waals surface area contributed by atoms with Crippen molar-refractivity contribution >= 4 is 17.9 Å². The van der Waals surface area contributed by atoms with E-state index < -0.39 is 6.10 Å². The van der Waals surface area contributed by atoms with E-state index in [0.29, 0.717) is 19.3 Å². The van der Waals surface area contributed by atoms with E-state index in [2.05, 4.69) is 118 Å². The van der Waals surface area contributed by atoms with Gasteiger partial charge in [-0.2, -0.15) is 0 Å². The number of hydrogen-bond donors (Lipinski definition) is 0. The van der Waals surface area contributed by atoms with Crippen LogP contribution in [0.4, 0.5) is 0 Å². The third-order valence-corrected chi connectivity index (χ3v) is 12.8. The molecule has 1 unspecified atom stereocenters. The highest BCUT2D eigenvalue weighted by Crippen LogP contribution is 2.15. The molecular weight excluding hydrogens is 889 g/mol. The summed E-state index contributed by atoms with van der Waals surface area (Å²) in [6.07, 6.45) is 79.8. The van der Waals surface area contributed by atoms with Crippen LogP contribution in [-0.4, -0.2) is 37.2 Å². The largest absolute Gasteiger partial charge is 0.462 e. The number of carbonyl (C=O) groups excluding carboxylic acids is 3. The van der Waals surface area contributed by atoms with Gasteiger partial charge in [-0.3, -0.25) is 14.4 Å². The molecule has 0 rings (SSSR count). The molecule has 0 aromatic carbocycles. The minimum absolute atomic E-state index is 0.0868. The lowest BCUT2D eigenvalue weighted by Gasteiger charge is -2.18. The molecule has 0 aliphatic carbocycles. The molecule has 0 radical (unpaired) electrons. The second-order valence-corrected chi connectivity index (χ2v) is 19.9. The first-order valence-electron chi connectivity index (χ1n) is 30.2. The molecule has 72 heavy (non-hydrogen) atoms. The molecule has 0 bridgehead atoms. The summed E-state index contributed by atoms with van der Waals surface area (Å²) in [4.78, 5) is 38.2. The first kappa shape index (κ1) is 68.3. The van der Waals surface area contributed by atoms with Gasteiger partial charge in [0, 0.05) is 19.3 Å². The second kappa shape index (κ2) is 59.9. The van der Waals surface area contributed by atoms with E-state index in [4.69, 9.17) is 14.2 Å². The lowest BCUT2D eigenvalue weighted by molar-refractivity contribution is -0.167. The minimum Gasteiger partial charge on any atom is -0.462 e. The second-order valence-electron chi connectivity index (χ2n) is 19.9. The number of esters is 3. The fraction of sp³-hybridized carbons (Fsp3) is 0.712. The van der Waals surface area contributed by atoms with Crippen molar-refractivity contribution in [2.45, 2.75) is 290 Å². The average molecular weight is 1000 g/mol. The Balaban J connectivity index is 4.28. The van der Waals surface area contributed by atoms with Gasteiger partial charge in [-0.05, 0) is 116 Å². The Morgan fingerprint density at radius 3 is 0.903 bits per heavy atom. The summed E-state index contributed by atoms with van der Waals surface area (Å²) >= 11 is 0. The molecule has 0 heterocycles. The smallest absolute Gasteiger partial charge is 0.306 e. The first-order chi connectivity index (χ1) is 35.5. The van der Waals surface area contributed by atoms with Crippen molar-refractivity contribution in [3.63, 3.8) is 0 Å². The van der Waals surface area contributed by atoms with E-state index >= 15 is 0 Å². The predicted octanol–water partition coefficient (Wildman–Crippen LogP) is 20.5. The summed E-state index contributed by atoms with van der Waals surface area (Å²) in [6, 6.07) is 0. The van der Waals surface area contributed by atoms with E-state index in [9.17, 15) is 14.4 Å². The van der Waals surface area contributed by atoms with Gasteiger partial charge in [0.05, 0.1) is 0 Å². The molecular formula is C66H112O6. The van der Waals surface area contributed by atoms with Crippen molar-refractivity contribution in [1.82, 2.24) is 0 Å². The minimum atomic E-state index is -0.790. The maximum absolute atomic E-state index is 12.8. The molecule has 0 saturated carbocycles. The molecule has 0 amide bonds. The van der Waals surface area contributed by atoms with Crippen LogP contribution in [0.25, 0.3) is 0 Å². The number of unbranched alkanes of at least 4 members (excludes halogenated alkanes) is 27. The van der Waals surface area contributed by atoms with Crippen molar-refractivity contribution in [2.24, 2.45) is 0 Å². The van der Waals surface area contributed by atoms with Crippen molar-refractivity contribution in [3.8, 4) is 0 Å². The zero-order chi connectivity index (χ0) is 52.2. The normalized spacial score (nSPS) is 12.8. The molecule has 0 aromatic heterocycles. The first-order valence-corrected chi connectivity index (χ1v) is 30.2. The molecule has 0 aliphatic heterocycles. The van der Waals surface area contributed by atoms with Gasteiger partial charge in [-0.15, -0.1) is 0 Å². The SMILES string of the molecule is CC/C=C\C/C=C\C/C=C\C/C=C\C/C=C\CCCCCCCCCCCCCC(=O)OCC(COC(=O)CCCCCCC/C=C\CCCCCC)OC(=O)CCCCCCC/C=C\C/C=C\CCCC. The lowest BCUT2D eigenvalue weighted by atomic mass is 10.0. The molecule has 0 spiro atoms. The molecule has 6 heteroatoms. The zero-order valence-corrected chi connectivity index (χ0v) is 47.2. The van der Waals surface area contributed by atoms with E-state index in [0.717, 1.165) is 122 Å². The number of carbonyl (C=O) groups is 3. The van der Waals surface area contributed by atoms with Gasteiger partial charge in [0.25, 0.3) is 0 Å². The fourth-order valence-corrected chi connectivity index (χ4v) is 8.25. The predicted molar refractivity (Wildman–Crippen MR) is 311 cm³/mol. The fourth-order valence-electron chi connectivity index (χ4n) is 8.25. The van der Waals surface area contributed by atoms with Crippen LogP contribution < -0.4 is 0 Å². The van der Waals surface area contributed by atoms with Crippen molar-refractivity contribution in [1.29, 1.82) is 0 Å². The van der Waals surface area contributed by atoms with E-state index in [-0.39, 0.29) is 31.1 Å². The summed E-state index contributed by atoms with van der Waals surface area (Å²) in [5, 5.41) is 0. The molecule has 1 atom stereocenters. The molecule has 0 saturated heterocycles. The highest BCUT2D eigenvalue weighted by atomic mass is 16.6. The Morgan fingerprint density at radius 1 is 0.292 bits per heavy atom. The summed E-state index contributed by atoms with van der Waals surface area (Å²) in [7, 11) is 0. The summed E-state index contributed by atoms with van der Waals surface area (Å²) < 4.78 is 16.9. The summed E-state index contributed by atoms with van der Waals surface area (Å²) in [6.45, 7) is 6.46. The van der Waals surface area contributed by atoms with Gasteiger partial charge in [-0.1, -0.05) is 246 Å². The summed E-state index contributed by atoms with van der Waals surface area (Å²) in [5.74, 6) is -0.908. The van der Waals surface area contributed by atoms with Crippen LogP contribution in [0, 0.1) is 0 Å². The maximum Gasteiger partial charge on any atom is 0.306 e. The van der Waals surface area contributed by atoms with Crippen LogP contribution >= 0.6 is 0 Å². The molecule has 412 valence electrons. The Morgan fingerprint density at radius 2 is 0.556 bits per heavy atom. The average Bonchev–Trinajstić information content (AvgIpc) is 3.38. The lowest BCUT2D eigenvalue weighted by Crippen LogP contribution is -2.30. The van der Waals surface area contributed by atoms with Crippen LogP contribution in [0.3, 0.4) is 0 Å². The molecule has 0 N–H and O–H groups in total. The van der Waals surface area contributed by atoms with Gasteiger partial charge in [0.2, 0.25) is 0 Å². The number of hydrogen-bond acceptors (Lipinski definition) is 6. The van der Waals surface area contributed by atoms with Gasteiger partial charge in [-0.25, -0.2) is 0 Å². The maximum atomic E-state index is 12.8. The van der Waals surface area contributed by atoms with Gasteiger partial charge in [0.15, 0.2) is 6.10 Å². The van der Waals surface area contributed by atoms with Crippen molar-refractivity contribution in [3.05, 3.63) is 97.2 Å². The topological polar surface area (TPSA) is 78.9 Å². The number of ether oxygens (including phenoxy) is 3. The molecule has 0 aliphatic rings. The molecule has 0 aromatic rings. The third kappa shape index (κ3) is 57.2. The highest BCUT2D eigenvalue weighted by molar-refractivity contribution is 5.71. The monoisotopic (exact) mass is 1000 g/mol. The highest BCUT2D eigenvalue weighted by Gasteiger charge is 2.19. The van der Waals surface area contributed by atoms with Crippen LogP contribution in [0.5, 0.6) is 0 Å². The van der Waals surface area contributed by atoms with Crippen molar-refractivity contribution < 1.29 is 28.6 Å². The standard InChI is InChI=1S/C66H112O6/c1-4-7-10-13-16-19-22-25-27-28-29-30-31-32-33-34-35-36-37-38-39-42-44-47-50-53-56-59-65(68)71-62-63(61-70-64(67)58-55-52-49-46-43-40-24-21-18-15-12-9-6-3)72-66(69)60-57-54-51-48-45-41-26-23-20-17-14-11-8-5-2/h7,10,14,16-17,19,21,23-27,29-30,32-33,63H,4-6,8-9,11-13,15,18,20,22,28,31,34-62H2,1-3H3/b10-7-,17-14-,19-16-,24-21-,26-23-,27-25-,30-29-,33-32-. The van der Waals surface area contributed by atoms with Crippen LogP contribution in [0.15, 0.2) is 97.2 Å². The van der Waals surface area contributed by atoms with Gasteiger partial charge in [0.1, 0.15) is 13.2 Å². The Bertz CT molecular complexity index is 1430. The van der Waals surface area contributed by atoms with Gasteiger partial charge < -0.3 is 14.2 Å². The van der Waals surface area contributed by atoms with E-state index in [1.54, 1.807) is 0 Å². The van der Waals surface area contributed by atoms with Crippen LogP contribution in [-0.2, 0) is 28.6 Å². The van der Waals surface area contributed by atoms with Gasteiger partial charge >= 0.3 is 17.9 Å². The number of allylic oxidation sites excluding steroid dienone is 16. The molecule has 6 nitrogen and oxygen atoms in total. The Labute approximate surface area is 445 Å². The Kier molecular flexibility index (Phi) is 56.8. The Hall–Kier alpha value is -3.67. The van der Waals surface area contributed by atoms with E-state index in [1.807, 2.05) is 0 Å². The van der Waals surface area contributed by atoms with Crippen LogP contribution in [0.2, 0.25) is 0 Å². The number of rotatable bonds is 54. The van der Waals surface area contributed by atoms with E-state index in [1.165, 1.54) is 122 Å². The quantitative estimate of drug-likeness (QED) is 0.0261. The van der Waals surface area contributed by atoms with Crippen LogP contribution in [0.1, 0.15) is 284 Å². The third-order valence-electron chi connectivity index (χ3n) is 12.8.